The van der Waals surface area contributed by atoms with Crippen LogP contribution in [0.5, 0.6) is 0 Å². The molecule has 4 N–H and O–H groups in total. The molecule has 0 bridgehead atoms. The normalized spacial score (nSPS) is 19.9. The topological polar surface area (TPSA) is 191 Å². The number of hydrogen-bond donors (Lipinski definition) is 3. The fourth-order valence-electron chi connectivity index (χ4n) is 3.44. The Morgan fingerprint density at radius 2 is 2.00 bits per heavy atom. The number of nitrogens with zero attached hydrogens (tertiary/aromatic N) is 3. The average molecular weight is 554 g/mol. The molecule has 0 radical (unpaired) electrons. The van der Waals surface area contributed by atoms with Crippen LogP contribution in [-0.4, -0.2) is 71.2 Å². The molecule has 2 aliphatic rings. The lowest BCUT2D eigenvalue weighted by Gasteiger charge is -2.48. The molecule has 1 aromatic heterocycles. The van der Waals surface area contributed by atoms with Gasteiger partial charge in [-0.3, -0.25) is 14.5 Å². The lowest BCUT2D eigenvalue weighted by atomic mass is 10.0. The van der Waals surface area contributed by atoms with Gasteiger partial charge in [0.05, 0.1) is 5.75 Å². The molecule has 2 aromatic rings. The maximum absolute atomic E-state index is 12.9. The number of benzene rings is 1. The molecule has 13 nitrogen and oxygen atoms in total. The van der Waals surface area contributed by atoms with E-state index in [1.165, 1.54) is 24.6 Å². The largest absolute Gasteiger partial charge is 0.476 e. The van der Waals surface area contributed by atoms with Crippen molar-refractivity contribution < 1.29 is 36.9 Å². The first-order valence-electron chi connectivity index (χ1n) is 10.1. The van der Waals surface area contributed by atoms with Gasteiger partial charge in [0, 0.05) is 5.38 Å². The number of rotatable bonds is 8. The highest BCUT2D eigenvalue weighted by atomic mass is 32.2. The smallest absolute Gasteiger partial charge is 0.356 e. The van der Waals surface area contributed by atoms with Crippen molar-refractivity contribution >= 4 is 61.8 Å². The van der Waals surface area contributed by atoms with E-state index >= 15 is 0 Å². The molecule has 0 saturated carbocycles. The zero-order chi connectivity index (χ0) is 26.2. The van der Waals surface area contributed by atoms with Gasteiger partial charge < -0.3 is 25.2 Å². The highest BCUT2D eigenvalue weighted by Crippen LogP contribution is 2.41. The SMILES string of the molecule is CO/N=C(\C(=O)NC1C(=O)N2C(C(=O)O)=C(OS(=O)(=O)c3ccc(C)cc3)CS[C@H]12)c1csc(N)n1. The van der Waals surface area contributed by atoms with Crippen LogP contribution in [0.4, 0.5) is 5.13 Å². The van der Waals surface area contributed by atoms with Crippen molar-refractivity contribution in [3.8, 4) is 0 Å². The van der Waals surface area contributed by atoms with Crippen molar-refractivity contribution in [1.82, 2.24) is 15.2 Å². The number of carbonyl (C=O) groups is 3. The molecule has 1 saturated heterocycles. The molecule has 2 atom stereocenters. The van der Waals surface area contributed by atoms with Crippen LogP contribution in [0.2, 0.25) is 0 Å². The van der Waals surface area contributed by atoms with E-state index in [4.69, 9.17) is 14.8 Å². The van der Waals surface area contributed by atoms with Crippen LogP contribution in [0.3, 0.4) is 0 Å². The molecule has 1 fully saturated rings. The van der Waals surface area contributed by atoms with E-state index in [-0.39, 0.29) is 27.2 Å². The first-order valence-corrected chi connectivity index (χ1v) is 13.4. The quantitative estimate of drug-likeness (QED) is 0.178. The number of anilines is 1. The molecule has 190 valence electrons. The second-order valence-electron chi connectivity index (χ2n) is 7.48. The van der Waals surface area contributed by atoms with Crippen molar-refractivity contribution in [2.45, 2.75) is 23.2 Å². The fourth-order valence-corrected chi connectivity index (χ4v) is 6.29. The van der Waals surface area contributed by atoms with Gasteiger partial charge >= 0.3 is 16.1 Å². The van der Waals surface area contributed by atoms with Crippen LogP contribution in [0.15, 0.2) is 51.2 Å². The van der Waals surface area contributed by atoms with Gasteiger partial charge in [0.1, 0.15) is 29.1 Å². The van der Waals surface area contributed by atoms with Crippen LogP contribution in [0.1, 0.15) is 11.3 Å². The highest BCUT2D eigenvalue weighted by Gasteiger charge is 2.55. The number of amides is 2. The predicted molar refractivity (Wildman–Crippen MR) is 129 cm³/mol. The van der Waals surface area contributed by atoms with E-state index in [2.05, 4.69) is 15.5 Å². The molecule has 16 heteroatoms. The van der Waals surface area contributed by atoms with Crippen molar-refractivity contribution in [1.29, 1.82) is 0 Å². The minimum Gasteiger partial charge on any atom is -0.476 e. The Labute approximate surface area is 213 Å². The summed E-state index contributed by atoms with van der Waals surface area (Å²) in [7, 11) is -3.12. The minimum atomic E-state index is -4.34. The molecule has 1 unspecified atom stereocenters. The number of carbonyl (C=O) groups excluding carboxylic acids is 2. The van der Waals surface area contributed by atoms with Gasteiger partial charge in [-0.1, -0.05) is 22.9 Å². The Balaban J connectivity index is 1.55. The number of fused-ring (bicyclic) bond motifs is 1. The number of aryl methyl sites for hydroxylation is 1. The third-order valence-corrected chi connectivity index (χ3v) is 8.30. The lowest BCUT2D eigenvalue weighted by molar-refractivity contribution is -0.150. The van der Waals surface area contributed by atoms with Gasteiger partial charge in [0.15, 0.2) is 22.3 Å². The van der Waals surface area contributed by atoms with Gasteiger partial charge in [0.25, 0.3) is 11.8 Å². The molecule has 3 heterocycles. The van der Waals surface area contributed by atoms with E-state index < -0.39 is 50.8 Å². The third-order valence-electron chi connectivity index (χ3n) is 5.10. The molecular formula is C20H19N5O8S3. The minimum absolute atomic E-state index is 0.139. The molecule has 36 heavy (non-hydrogen) atoms. The summed E-state index contributed by atoms with van der Waals surface area (Å²) in [6, 6.07) is 4.70. The van der Waals surface area contributed by atoms with Gasteiger partial charge in [0.2, 0.25) is 0 Å². The molecule has 0 spiro atoms. The first-order chi connectivity index (χ1) is 17.0. The number of nitrogen functional groups attached to an aromatic ring is 1. The predicted octanol–water partition coefficient (Wildman–Crippen LogP) is 0.486. The number of carboxylic acid groups (broad SMARTS) is 1. The molecule has 4 rings (SSSR count). The second-order valence-corrected chi connectivity index (χ2v) is 11.0. The summed E-state index contributed by atoms with van der Waals surface area (Å²) < 4.78 is 30.5. The van der Waals surface area contributed by atoms with Gasteiger partial charge in [-0.2, -0.15) is 8.42 Å². The fraction of sp³-hybridized carbons (Fsp3) is 0.250. The maximum atomic E-state index is 12.9. The number of carboxylic acids is 1. The standard InChI is InChI=1S/C20H19N5O8S3/c1-9-3-5-10(6-4-9)36(30,31)33-12-8-34-18-14(17(27)25(18)15(12)19(28)29)23-16(26)13(24-32-2)11-7-35-20(21)22-11/h3-7,14,18H,8H2,1-2H3,(H2,21,22)(H,23,26)(H,28,29)/b24-13-/t14?,18-/m1/s1. The zero-order valence-corrected chi connectivity index (χ0v) is 21.1. The van der Waals surface area contributed by atoms with Crippen LogP contribution in [0, 0.1) is 6.92 Å². The van der Waals surface area contributed by atoms with Crippen molar-refractivity contribution in [3.05, 3.63) is 52.4 Å². The van der Waals surface area contributed by atoms with Crippen LogP contribution >= 0.6 is 23.1 Å². The Bertz CT molecular complexity index is 1400. The maximum Gasteiger partial charge on any atom is 0.356 e. The van der Waals surface area contributed by atoms with E-state index in [9.17, 15) is 27.9 Å². The molecule has 2 amide bonds. The van der Waals surface area contributed by atoms with Crippen molar-refractivity contribution in [2.24, 2.45) is 5.16 Å². The number of β-lactam (4-membered cyclic amide) rings is 1. The van der Waals surface area contributed by atoms with Gasteiger partial charge in [-0.15, -0.1) is 23.1 Å². The summed E-state index contributed by atoms with van der Waals surface area (Å²) >= 11 is 2.11. The molecule has 2 aliphatic heterocycles. The highest BCUT2D eigenvalue weighted by molar-refractivity contribution is 8.00. The molecule has 1 aromatic carbocycles. The summed E-state index contributed by atoms with van der Waals surface area (Å²) in [6.07, 6.45) is 0. The summed E-state index contributed by atoms with van der Waals surface area (Å²) in [6.45, 7) is 1.78. The Morgan fingerprint density at radius 3 is 2.58 bits per heavy atom. The summed E-state index contributed by atoms with van der Waals surface area (Å²) in [4.78, 5) is 47.1. The first kappa shape index (κ1) is 25.5. The van der Waals surface area contributed by atoms with Crippen molar-refractivity contribution in [3.63, 3.8) is 0 Å². The molecule has 0 aliphatic carbocycles. The zero-order valence-electron chi connectivity index (χ0n) is 18.7. The Kier molecular flexibility index (Phi) is 6.92. The summed E-state index contributed by atoms with van der Waals surface area (Å²) in [5.41, 5.74) is 5.74. The number of nitrogens with two attached hydrogens (primary N) is 1. The number of aromatic nitrogens is 1. The molecular weight excluding hydrogens is 534 g/mol. The van der Waals surface area contributed by atoms with Crippen molar-refractivity contribution in [2.75, 3.05) is 18.6 Å². The van der Waals surface area contributed by atoms with E-state index in [0.29, 0.717) is 0 Å². The number of thiazole rings is 1. The van der Waals surface area contributed by atoms with E-state index in [1.54, 1.807) is 19.1 Å². The second kappa shape index (κ2) is 9.79. The summed E-state index contributed by atoms with van der Waals surface area (Å²) in [5.74, 6) is -3.67. The van der Waals surface area contributed by atoms with Crippen LogP contribution < -0.4 is 11.1 Å². The van der Waals surface area contributed by atoms with Crippen LogP contribution in [0.25, 0.3) is 0 Å². The number of nitrogens with one attached hydrogen (secondary N) is 1. The number of hydrogen-bond acceptors (Lipinski definition) is 12. The van der Waals surface area contributed by atoms with E-state index in [1.807, 2.05) is 0 Å². The van der Waals surface area contributed by atoms with Crippen LogP contribution in [-0.2, 0) is 33.5 Å². The lowest BCUT2D eigenvalue weighted by Crippen LogP contribution is -2.71. The monoisotopic (exact) mass is 553 g/mol. The Hall–Kier alpha value is -3.63. The number of thioether (sulfide) groups is 1. The van der Waals surface area contributed by atoms with Gasteiger partial charge in [-0.05, 0) is 19.1 Å². The third kappa shape index (κ3) is 4.74. The number of aliphatic carboxylic acids is 1. The summed E-state index contributed by atoms with van der Waals surface area (Å²) in [5, 5.41) is 16.8. The number of oxime groups is 1. The van der Waals surface area contributed by atoms with Gasteiger partial charge in [-0.25, -0.2) is 9.78 Å². The Morgan fingerprint density at radius 1 is 1.31 bits per heavy atom. The van der Waals surface area contributed by atoms with E-state index in [0.717, 1.165) is 33.6 Å². The average Bonchev–Trinajstić information content (AvgIpc) is 3.26.